The van der Waals surface area contributed by atoms with Crippen molar-refractivity contribution in [3.05, 3.63) is 0 Å². The average Bonchev–Trinajstić information content (AvgIpc) is 1.78. The van der Waals surface area contributed by atoms with Gasteiger partial charge in [-0.3, -0.25) is 0 Å². The number of hydrogen-bond acceptors (Lipinski definition) is 4. The van der Waals surface area contributed by atoms with Gasteiger partial charge in [0.2, 0.25) is 0 Å². The molecule has 0 N–H and O–H groups in total. The van der Waals surface area contributed by atoms with Crippen LogP contribution in [0.4, 0.5) is 13.2 Å². The molecule has 0 saturated carbocycles. The Morgan fingerprint density at radius 2 is 1.71 bits per heavy atom. The summed E-state index contributed by atoms with van der Waals surface area (Å²) in [4.78, 5) is 19.6. The number of rotatable bonds is 3. The van der Waals surface area contributed by atoms with Crippen molar-refractivity contribution in [3.63, 3.8) is 0 Å². The van der Waals surface area contributed by atoms with Crippen LogP contribution >= 0.6 is 7.82 Å². The predicted octanol–water partition coefficient (Wildman–Crippen LogP) is -5.82. The normalized spacial score (nSPS) is 13.9. The number of halogens is 3. The van der Waals surface area contributed by atoms with Crippen LogP contribution in [0.1, 0.15) is 13.3 Å². The summed E-state index contributed by atoms with van der Waals surface area (Å²) in [6.45, 7) is 1.06. The molecular formula is C4H6F3Na2O4P. The summed E-state index contributed by atoms with van der Waals surface area (Å²) in [5, 5.41) is 0. The van der Waals surface area contributed by atoms with Crippen molar-refractivity contribution < 1.29 is 91.2 Å². The standard InChI is InChI=1S/C4H8F3O4P.2Na/c1-2-3(4(5,6)7)11-12(8,9)10;;/h3H,2H2,1H3,(H2,8,9,10);;/q;2*+1/p-2. The number of phosphoric ester groups is 1. The molecule has 0 aromatic heterocycles. The van der Waals surface area contributed by atoms with Crippen molar-refractivity contribution in [1.29, 1.82) is 0 Å². The van der Waals surface area contributed by atoms with Crippen LogP contribution in [0.5, 0.6) is 0 Å². The van der Waals surface area contributed by atoms with E-state index in [2.05, 4.69) is 4.52 Å². The van der Waals surface area contributed by atoms with Gasteiger partial charge in [0, 0.05) is 0 Å². The molecule has 0 aromatic rings. The Bertz CT molecular complexity index is 194. The second-order valence-electron chi connectivity index (χ2n) is 1.99. The Hall–Kier alpha value is 1.90. The van der Waals surface area contributed by atoms with E-state index < -0.39 is 26.5 Å². The van der Waals surface area contributed by atoms with Gasteiger partial charge in [-0.2, -0.15) is 13.2 Å². The summed E-state index contributed by atoms with van der Waals surface area (Å²) in [5.41, 5.74) is 0. The van der Waals surface area contributed by atoms with E-state index in [-0.39, 0.29) is 59.1 Å². The second kappa shape index (κ2) is 8.06. The summed E-state index contributed by atoms with van der Waals surface area (Å²) in [7, 11) is -5.55. The average molecular weight is 252 g/mol. The van der Waals surface area contributed by atoms with Gasteiger partial charge in [-0.05, 0) is 6.42 Å². The van der Waals surface area contributed by atoms with E-state index in [0.717, 1.165) is 6.92 Å². The Kier molecular flexibility index (Phi) is 12.2. The van der Waals surface area contributed by atoms with Gasteiger partial charge in [-0.15, -0.1) is 0 Å². The van der Waals surface area contributed by atoms with Gasteiger partial charge in [-0.25, -0.2) is 0 Å². The minimum Gasteiger partial charge on any atom is -0.790 e. The fourth-order valence-electron chi connectivity index (χ4n) is 0.522. The van der Waals surface area contributed by atoms with Gasteiger partial charge in [0.15, 0.2) is 6.10 Å². The van der Waals surface area contributed by atoms with E-state index in [1.807, 2.05) is 0 Å². The molecule has 1 unspecified atom stereocenters. The summed E-state index contributed by atoms with van der Waals surface area (Å²) < 4.78 is 48.2. The molecule has 1 atom stereocenters. The molecule has 10 heteroatoms. The molecule has 0 rings (SSSR count). The Morgan fingerprint density at radius 1 is 1.36 bits per heavy atom. The maximum atomic E-state index is 11.7. The van der Waals surface area contributed by atoms with E-state index in [9.17, 15) is 27.5 Å². The van der Waals surface area contributed by atoms with E-state index in [4.69, 9.17) is 0 Å². The largest absolute Gasteiger partial charge is 1.00 e. The van der Waals surface area contributed by atoms with Crippen LogP contribution in [-0.2, 0) is 9.09 Å². The molecule has 0 saturated heterocycles. The van der Waals surface area contributed by atoms with Gasteiger partial charge >= 0.3 is 65.3 Å². The van der Waals surface area contributed by atoms with Crippen LogP contribution in [0.3, 0.4) is 0 Å². The Balaban J connectivity index is -0.000000605. The molecule has 0 aromatic carbocycles. The molecule has 0 aliphatic heterocycles. The molecule has 74 valence electrons. The third-order valence-electron chi connectivity index (χ3n) is 0.992. The van der Waals surface area contributed by atoms with Crippen LogP contribution in [0.2, 0.25) is 0 Å². The first-order chi connectivity index (χ1) is 5.17. The number of phosphoric acid groups is 1. The smallest absolute Gasteiger partial charge is 0.790 e. The van der Waals surface area contributed by atoms with Crippen LogP contribution in [0.25, 0.3) is 0 Å². The SMILES string of the molecule is CCC(OP(=O)([O-])[O-])C(F)(F)F.[Na+].[Na+]. The summed E-state index contributed by atoms with van der Waals surface area (Å²) in [6.07, 6.45) is -7.96. The molecule has 0 aliphatic carbocycles. The Morgan fingerprint density at radius 3 is 1.79 bits per heavy atom. The zero-order valence-electron chi connectivity index (χ0n) is 8.00. The van der Waals surface area contributed by atoms with Crippen LogP contribution in [-0.4, -0.2) is 12.3 Å². The maximum absolute atomic E-state index is 11.7. The third kappa shape index (κ3) is 10.4. The third-order valence-corrected chi connectivity index (χ3v) is 1.50. The molecule has 0 fully saturated rings. The summed E-state index contributed by atoms with van der Waals surface area (Å²) in [6, 6.07) is 0. The van der Waals surface area contributed by atoms with Crippen molar-refractivity contribution in [1.82, 2.24) is 0 Å². The van der Waals surface area contributed by atoms with Crippen molar-refractivity contribution in [3.8, 4) is 0 Å². The van der Waals surface area contributed by atoms with Gasteiger partial charge in [0.1, 0.15) is 0 Å². The van der Waals surface area contributed by atoms with Gasteiger partial charge < -0.3 is 18.9 Å². The number of hydrogen-bond donors (Lipinski definition) is 0. The maximum Gasteiger partial charge on any atom is 1.00 e. The fourth-order valence-corrected chi connectivity index (χ4v) is 1.10. The number of alkyl halides is 3. The first-order valence-corrected chi connectivity index (χ1v) is 4.40. The topological polar surface area (TPSA) is 72.4 Å². The second-order valence-corrected chi connectivity index (χ2v) is 3.10. The molecule has 0 heterocycles. The fraction of sp³-hybridized carbons (Fsp3) is 1.00. The minimum absolute atomic E-state index is 0. The van der Waals surface area contributed by atoms with Crippen molar-refractivity contribution in [2.75, 3.05) is 0 Å². The summed E-state index contributed by atoms with van der Waals surface area (Å²) >= 11 is 0. The zero-order chi connectivity index (χ0) is 9.99. The summed E-state index contributed by atoms with van der Waals surface area (Å²) in [5.74, 6) is 0. The zero-order valence-corrected chi connectivity index (χ0v) is 12.9. The van der Waals surface area contributed by atoms with Crippen molar-refractivity contribution in [2.45, 2.75) is 25.6 Å². The van der Waals surface area contributed by atoms with E-state index in [1.165, 1.54) is 0 Å². The molecule has 0 radical (unpaired) electrons. The predicted molar refractivity (Wildman–Crippen MR) is 28.8 cm³/mol. The van der Waals surface area contributed by atoms with Crippen molar-refractivity contribution in [2.24, 2.45) is 0 Å². The van der Waals surface area contributed by atoms with Crippen LogP contribution in [0.15, 0.2) is 0 Å². The molecular weight excluding hydrogens is 246 g/mol. The molecule has 0 aliphatic rings. The van der Waals surface area contributed by atoms with Gasteiger partial charge in [0.25, 0.3) is 0 Å². The molecule has 0 bridgehead atoms. The van der Waals surface area contributed by atoms with E-state index in [1.54, 1.807) is 0 Å². The quantitative estimate of drug-likeness (QED) is 0.370. The van der Waals surface area contributed by atoms with E-state index >= 15 is 0 Å². The first kappa shape index (κ1) is 21.2. The van der Waals surface area contributed by atoms with Crippen LogP contribution in [0, 0.1) is 0 Å². The van der Waals surface area contributed by atoms with Gasteiger partial charge in [0.05, 0.1) is 7.82 Å². The molecule has 0 spiro atoms. The van der Waals surface area contributed by atoms with Gasteiger partial charge in [-0.1, -0.05) is 6.92 Å². The monoisotopic (exact) mass is 252 g/mol. The minimum atomic E-state index is -5.55. The molecule has 0 amide bonds. The van der Waals surface area contributed by atoms with Crippen molar-refractivity contribution >= 4 is 7.82 Å². The van der Waals surface area contributed by atoms with Crippen LogP contribution < -0.4 is 68.9 Å². The first-order valence-electron chi connectivity index (χ1n) is 2.94. The molecule has 14 heavy (non-hydrogen) atoms. The van der Waals surface area contributed by atoms with E-state index in [0.29, 0.717) is 0 Å². The Labute approximate surface area is 123 Å². The molecule has 4 nitrogen and oxygen atoms in total.